The van der Waals surface area contributed by atoms with Crippen LogP contribution in [0.2, 0.25) is 5.02 Å². The second kappa shape index (κ2) is 7.19. The third-order valence-electron chi connectivity index (χ3n) is 7.73. The quantitative estimate of drug-likeness (QED) is 0.786. The van der Waals surface area contributed by atoms with Gasteiger partial charge >= 0.3 is 0 Å². The van der Waals surface area contributed by atoms with E-state index in [1.165, 1.54) is 19.3 Å². The lowest BCUT2D eigenvalue weighted by atomic mass is 9.49. The summed E-state index contributed by atoms with van der Waals surface area (Å²) in [6.07, 6.45) is 8.68. The Morgan fingerprint density at radius 2 is 1.79 bits per heavy atom. The number of rotatable bonds is 4. The van der Waals surface area contributed by atoms with Gasteiger partial charge in [0.1, 0.15) is 11.8 Å². The maximum absolute atomic E-state index is 13.7. The molecule has 5 nitrogen and oxygen atoms in total. The fourth-order valence-corrected chi connectivity index (χ4v) is 7.19. The number of likely N-dealkylation sites (tertiary alicyclic amines) is 1. The van der Waals surface area contributed by atoms with Crippen LogP contribution >= 0.6 is 11.6 Å². The Morgan fingerprint density at radius 1 is 1.14 bits per heavy atom. The zero-order valence-electron chi connectivity index (χ0n) is 17.0. The molecule has 5 fully saturated rings. The fourth-order valence-electron chi connectivity index (χ4n) is 6.93. The van der Waals surface area contributed by atoms with Gasteiger partial charge in [-0.2, -0.15) is 0 Å². The molecule has 6 rings (SSSR count). The lowest BCUT2D eigenvalue weighted by Crippen LogP contribution is -2.56. The van der Waals surface area contributed by atoms with Crippen molar-refractivity contribution in [3.05, 3.63) is 23.2 Å². The minimum absolute atomic E-state index is 0.109. The van der Waals surface area contributed by atoms with Gasteiger partial charge in [0, 0.05) is 12.2 Å². The fraction of sp³-hybridized carbons (Fsp3) is 0.652. The van der Waals surface area contributed by atoms with E-state index in [1.807, 2.05) is 4.90 Å². The number of carbonyl (C=O) groups excluding carboxylic acids is 2. The van der Waals surface area contributed by atoms with Gasteiger partial charge in [-0.05, 0) is 87.3 Å². The molecule has 4 bridgehead atoms. The number of anilines is 1. The van der Waals surface area contributed by atoms with E-state index in [1.54, 1.807) is 25.3 Å². The van der Waals surface area contributed by atoms with Gasteiger partial charge in [-0.25, -0.2) is 0 Å². The number of ether oxygens (including phenoxy) is 1. The van der Waals surface area contributed by atoms with Crippen molar-refractivity contribution in [3.8, 4) is 5.75 Å². The number of nitrogens with zero attached hydrogens (tertiary/aromatic N) is 1. The van der Waals surface area contributed by atoms with Crippen molar-refractivity contribution >= 4 is 29.1 Å². The van der Waals surface area contributed by atoms with E-state index in [0.29, 0.717) is 23.0 Å². The minimum Gasteiger partial charge on any atom is -0.495 e. The molecule has 1 aliphatic heterocycles. The van der Waals surface area contributed by atoms with Gasteiger partial charge in [-0.1, -0.05) is 11.6 Å². The molecular weight excluding hydrogens is 388 g/mol. The Kier molecular flexibility index (Phi) is 4.77. The molecule has 1 saturated heterocycles. The summed E-state index contributed by atoms with van der Waals surface area (Å²) in [5.41, 5.74) is 0.441. The van der Waals surface area contributed by atoms with Crippen LogP contribution in [0.5, 0.6) is 5.75 Å². The van der Waals surface area contributed by atoms with Gasteiger partial charge in [0.15, 0.2) is 0 Å². The van der Waals surface area contributed by atoms with Crippen molar-refractivity contribution in [2.24, 2.45) is 23.2 Å². The summed E-state index contributed by atoms with van der Waals surface area (Å²) < 4.78 is 5.17. The average molecular weight is 417 g/mol. The van der Waals surface area contributed by atoms with Crippen LogP contribution in [-0.4, -0.2) is 36.4 Å². The maximum atomic E-state index is 13.7. The normalized spacial score (nSPS) is 35.0. The summed E-state index contributed by atoms with van der Waals surface area (Å²) in [4.78, 5) is 28.7. The summed E-state index contributed by atoms with van der Waals surface area (Å²) in [5.74, 6) is 2.89. The van der Waals surface area contributed by atoms with Gasteiger partial charge in [0.25, 0.3) is 0 Å². The van der Waals surface area contributed by atoms with Crippen molar-refractivity contribution in [2.75, 3.05) is 19.0 Å². The van der Waals surface area contributed by atoms with E-state index in [2.05, 4.69) is 5.32 Å². The molecule has 4 aliphatic carbocycles. The van der Waals surface area contributed by atoms with E-state index >= 15 is 0 Å². The molecule has 156 valence electrons. The Bertz CT molecular complexity index is 804. The highest BCUT2D eigenvalue weighted by Crippen LogP contribution is 2.60. The van der Waals surface area contributed by atoms with Crippen molar-refractivity contribution in [2.45, 2.75) is 57.4 Å². The molecule has 1 aromatic rings. The highest BCUT2D eigenvalue weighted by atomic mass is 35.5. The molecule has 1 N–H and O–H groups in total. The van der Waals surface area contributed by atoms with Crippen LogP contribution in [0.25, 0.3) is 0 Å². The predicted molar refractivity (Wildman–Crippen MR) is 112 cm³/mol. The van der Waals surface area contributed by atoms with Crippen molar-refractivity contribution in [1.82, 2.24) is 4.90 Å². The number of nitrogens with one attached hydrogen (secondary N) is 1. The highest BCUT2D eigenvalue weighted by molar-refractivity contribution is 6.32. The molecule has 0 radical (unpaired) electrons. The smallest absolute Gasteiger partial charge is 0.247 e. The van der Waals surface area contributed by atoms with Crippen LogP contribution in [0.15, 0.2) is 18.2 Å². The van der Waals surface area contributed by atoms with E-state index in [-0.39, 0.29) is 23.3 Å². The standard InChI is InChI=1S/C23H29ClN2O3/c1-29-20-5-4-17(10-18(20)24)25-21(27)19-3-2-6-26(19)22(28)23-11-14-7-15(12-23)9-16(8-14)13-23/h4-5,10,14-16,19H,2-3,6-9,11-13H2,1H3,(H,25,27)/t14?,15?,16?,19-,23?/m0/s1. The van der Waals surface area contributed by atoms with E-state index in [9.17, 15) is 9.59 Å². The van der Waals surface area contributed by atoms with Crippen LogP contribution in [0, 0.1) is 23.2 Å². The first-order chi connectivity index (χ1) is 14.0. The summed E-state index contributed by atoms with van der Waals surface area (Å²) in [6.45, 7) is 0.696. The van der Waals surface area contributed by atoms with E-state index in [0.717, 1.165) is 49.9 Å². The van der Waals surface area contributed by atoms with Gasteiger partial charge in [0.05, 0.1) is 17.5 Å². The number of amides is 2. The van der Waals surface area contributed by atoms with Crippen molar-refractivity contribution in [1.29, 1.82) is 0 Å². The molecule has 1 aromatic carbocycles. The second-order valence-corrected chi connectivity index (χ2v) is 10.1. The van der Waals surface area contributed by atoms with Crippen LogP contribution in [-0.2, 0) is 9.59 Å². The van der Waals surface area contributed by atoms with Crippen molar-refractivity contribution < 1.29 is 14.3 Å². The third-order valence-corrected chi connectivity index (χ3v) is 8.02. The van der Waals surface area contributed by atoms with Gasteiger partial charge in [-0.15, -0.1) is 0 Å². The lowest BCUT2D eigenvalue weighted by Gasteiger charge is -2.56. The number of hydrogen-bond donors (Lipinski definition) is 1. The van der Waals surface area contributed by atoms with Crippen molar-refractivity contribution in [3.63, 3.8) is 0 Å². The number of halogens is 1. The topological polar surface area (TPSA) is 58.6 Å². The second-order valence-electron chi connectivity index (χ2n) is 9.69. The molecule has 4 saturated carbocycles. The summed E-state index contributed by atoms with van der Waals surface area (Å²) >= 11 is 6.19. The molecule has 2 amide bonds. The number of carbonyl (C=O) groups is 2. The van der Waals surface area contributed by atoms with Gasteiger partial charge in [0.2, 0.25) is 11.8 Å². The zero-order valence-corrected chi connectivity index (χ0v) is 17.7. The highest BCUT2D eigenvalue weighted by Gasteiger charge is 2.56. The van der Waals surface area contributed by atoms with Crippen LogP contribution in [0.3, 0.4) is 0 Å². The average Bonchev–Trinajstić information content (AvgIpc) is 3.16. The largest absolute Gasteiger partial charge is 0.495 e. The molecule has 1 atom stereocenters. The number of benzene rings is 1. The Labute approximate surface area is 177 Å². The van der Waals surface area contributed by atoms with Crippen LogP contribution < -0.4 is 10.1 Å². The zero-order chi connectivity index (χ0) is 20.2. The van der Waals surface area contributed by atoms with Gasteiger partial charge in [-0.3, -0.25) is 9.59 Å². The lowest BCUT2D eigenvalue weighted by molar-refractivity contribution is -0.160. The first kappa shape index (κ1) is 19.2. The van der Waals surface area contributed by atoms with Crippen LogP contribution in [0.1, 0.15) is 51.4 Å². The number of hydrogen-bond acceptors (Lipinski definition) is 3. The molecule has 0 unspecified atom stereocenters. The predicted octanol–water partition coefficient (Wildman–Crippen LogP) is 4.49. The Balaban J connectivity index is 1.31. The number of methoxy groups -OCH3 is 1. The molecule has 29 heavy (non-hydrogen) atoms. The molecule has 5 aliphatic rings. The Hall–Kier alpha value is -1.75. The molecule has 6 heteroatoms. The minimum atomic E-state index is -0.378. The monoisotopic (exact) mass is 416 g/mol. The Morgan fingerprint density at radius 3 is 2.38 bits per heavy atom. The molecular formula is C23H29ClN2O3. The van der Waals surface area contributed by atoms with E-state index < -0.39 is 0 Å². The third kappa shape index (κ3) is 3.31. The summed E-state index contributed by atoms with van der Waals surface area (Å²) in [6, 6.07) is 4.84. The first-order valence-corrected chi connectivity index (χ1v) is 11.3. The molecule has 0 spiro atoms. The summed E-state index contributed by atoms with van der Waals surface area (Å²) in [5, 5.41) is 3.42. The molecule has 1 heterocycles. The van der Waals surface area contributed by atoms with Crippen LogP contribution in [0.4, 0.5) is 5.69 Å². The maximum Gasteiger partial charge on any atom is 0.247 e. The van der Waals surface area contributed by atoms with E-state index in [4.69, 9.17) is 16.3 Å². The summed E-state index contributed by atoms with van der Waals surface area (Å²) in [7, 11) is 1.56. The molecule has 0 aromatic heterocycles. The SMILES string of the molecule is COc1ccc(NC(=O)[C@@H]2CCCN2C(=O)C23CC4CC(CC(C4)C2)C3)cc1Cl. The first-order valence-electron chi connectivity index (χ1n) is 10.9. The van der Waals surface area contributed by atoms with Gasteiger partial charge < -0.3 is 15.0 Å².